The summed E-state index contributed by atoms with van der Waals surface area (Å²) in [6.45, 7) is 0. The number of aliphatic hydroxyl groups is 1. The van der Waals surface area contributed by atoms with Crippen LogP contribution >= 0.6 is 0 Å². The minimum atomic E-state index is -0.642. The van der Waals surface area contributed by atoms with E-state index in [1.54, 1.807) is 0 Å². The van der Waals surface area contributed by atoms with E-state index >= 15 is 0 Å². The fourth-order valence-corrected chi connectivity index (χ4v) is 11.5. The number of aryl methyl sites for hydroxylation is 1. The fraction of sp³-hybridized carbons (Fsp3) is 0.0820. The molecule has 0 saturated carbocycles. The van der Waals surface area contributed by atoms with Gasteiger partial charge in [0.05, 0.1) is 44.7 Å². The van der Waals surface area contributed by atoms with Gasteiger partial charge >= 0.3 is 0 Å². The van der Waals surface area contributed by atoms with Crippen molar-refractivity contribution in [1.29, 1.82) is 0 Å². The highest BCUT2D eigenvalue weighted by atomic mass is 16.3. The summed E-state index contributed by atoms with van der Waals surface area (Å²) in [5.41, 5.74) is 16.5. The highest BCUT2D eigenvalue weighted by molar-refractivity contribution is 6.13. The number of fused-ring (bicyclic) bond motifs is 12. The number of para-hydroxylation sites is 5. The normalized spacial score (nSPS) is 15.5. The smallest absolute Gasteiger partial charge is 0.0855 e. The predicted octanol–water partition coefficient (Wildman–Crippen LogP) is 15.0. The van der Waals surface area contributed by atoms with Gasteiger partial charge in [0.1, 0.15) is 0 Å². The minimum absolute atomic E-state index is 0.0494. The summed E-state index contributed by atoms with van der Waals surface area (Å²) >= 11 is 0. The third-order valence-electron chi connectivity index (χ3n) is 14.5. The lowest BCUT2D eigenvalue weighted by molar-refractivity contribution is 0.132. The summed E-state index contributed by atoms with van der Waals surface area (Å²) in [5, 5.41) is 20.7. The molecule has 0 amide bonds. The van der Waals surface area contributed by atoms with E-state index in [4.69, 9.17) is 0 Å². The summed E-state index contributed by atoms with van der Waals surface area (Å²) in [4.78, 5) is 0. The molecule has 12 aromatic rings. The molecular formula is C61H44N4O. The van der Waals surface area contributed by atoms with Crippen molar-refractivity contribution in [3.63, 3.8) is 0 Å². The number of rotatable bonds is 6. The fourth-order valence-electron chi connectivity index (χ4n) is 11.5. The van der Waals surface area contributed by atoms with Crippen LogP contribution in [0.1, 0.15) is 35.8 Å². The van der Waals surface area contributed by atoms with Gasteiger partial charge in [-0.25, -0.2) is 0 Å². The Morgan fingerprint density at radius 2 is 0.879 bits per heavy atom. The summed E-state index contributed by atoms with van der Waals surface area (Å²) in [7, 11) is 0. The van der Waals surface area contributed by atoms with Crippen molar-refractivity contribution in [2.75, 3.05) is 0 Å². The van der Waals surface area contributed by atoms with Crippen LogP contribution in [-0.4, -0.2) is 23.4 Å². The first-order valence-electron chi connectivity index (χ1n) is 23.2. The van der Waals surface area contributed by atoms with Crippen LogP contribution in [-0.2, 0) is 6.42 Å². The molecule has 2 unspecified atom stereocenters. The summed E-state index contributed by atoms with van der Waals surface area (Å²) in [6, 6.07) is 65.9. The van der Waals surface area contributed by atoms with Crippen molar-refractivity contribution in [2.45, 2.75) is 25.4 Å². The molecule has 314 valence electrons. The Morgan fingerprint density at radius 3 is 1.45 bits per heavy atom. The number of nitrogens with zero attached hydrogens (tertiary/aromatic N) is 4. The van der Waals surface area contributed by atoms with Crippen LogP contribution in [0.15, 0.2) is 206 Å². The van der Waals surface area contributed by atoms with E-state index in [0.717, 1.165) is 52.9 Å². The van der Waals surface area contributed by atoms with Crippen molar-refractivity contribution < 1.29 is 5.11 Å². The standard InChI is InChI=1S/C61H44N4O/c66-61(39-25-29-41(30-26-39)62-57-23-11-5-17-49(57)51-37-43(33-35-59(51)62)64-53-19-7-1-13-45(53)46-14-2-8-20-54(46)64)40-27-31-42(32-28-40)63-58-24-12-6-18-50(58)52-38-44(34-36-60(52)63)65-55-21-9-3-15-47(55)48-16-4-10-22-56(48)65/h1-3,5-15,17-25,27-39,61,66H,4,16,26H2. The molecule has 4 aromatic heterocycles. The second kappa shape index (κ2) is 14.4. The van der Waals surface area contributed by atoms with E-state index in [0.29, 0.717) is 0 Å². The lowest BCUT2D eigenvalue weighted by atomic mass is 9.89. The molecule has 14 rings (SSSR count). The highest BCUT2D eigenvalue weighted by Crippen LogP contribution is 2.41. The van der Waals surface area contributed by atoms with E-state index in [1.165, 1.54) is 82.2 Å². The summed E-state index contributed by atoms with van der Waals surface area (Å²) < 4.78 is 9.57. The van der Waals surface area contributed by atoms with Crippen LogP contribution in [0.5, 0.6) is 0 Å². The number of aliphatic hydroxyl groups excluding tert-OH is 1. The zero-order chi connectivity index (χ0) is 43.5. The van der Waals surface area contributed by atoms with Crippen molar-refractivity contribution in [1.82, 2.24) is 18.3 Å². The topological polar surface area (TPSA) is 39.9 Å². The first-order valence-corrected chi connectivity index (χ1v) is 23.2. The number of benzene rings is 8. The SMILES string of the molecule is OC(c1ccc(-n2c3ccccc3c3cc(-n4c5c(c6ccccc64)CCC=C5)ccc32)cc1)C1C=CC(n2c3ccccc3c3cc(-n4c5ccccc5c5ccccc54)ccc32)=CC1. The maximum absolute atomic E-state index is 11.9. The molecule has 8 aromatic carbocycles. The average Bonchev–Trinajstić information content (AvgIpc) is 4.11. The Balaban J connectivity index is 0.775. The molecule has 5 nitrogen and oxygen atoms in total. The summed E-state index contributed by atoms with van der Waals surface area (Å²) in [5.74, 6) is -0.0494. The first-order chi connectivity index (χ1) is 32.7. The molecular weight excluding hydrogens is 805 g/mol. The lowest BCUT2D eigenvalue weighted by Crippen LogP contribution is -2.13. The maximum atomic E-state index is 11.9. The lowest BCUT2D eigenvalue weighted by Gasteiger charge is -2.23. The molecule has 5 heteroatoms. The molecule has 0 spiro atoms. The molecule has 0 aliphatic heterocycles. The molecule has 2 aliphatic carbocycles. The maximum Gasteiger partial charge on any atom is 0.0855 e. The molecule has 0 radical (unpaired) electrons. The van der Waals surface area contributed by atoms with Gasteiger partial charge < -0.3 is 23.4 Å². The second-order valence-electron chi connectivity index (χ2n) is 18.1. The molecule has 66 heavy (non-hydrogen) atoms. The van der Waals surface area contributed by atoms with E-state index in [-0.39, 0.29) is 5.92 Å². The quantitative estimate of drug-likeness (QED) is 0.178. The van der Waals surface area contributed by atoms with Crippen LogP contribution in [0.3, 0.4) is 0 Å². The Bertz CT molecular complexity index is 4000. The summed E-state index contributed by atoms with van der Waals surface area (Å²) in [6.07, 6.45) is 13.5. The molecule has 0 fully saturated rings. The van der Waals surface area contributed by atoms with E-state index in [2.05, 4.69) is 231 Å². The van der Waals surface area contributed by atoms with Gasteiger partial charge in [-0.3, -0.25) is 0 Å². The molecule has 2 atom stereocenters. The van der Waals surface area contributed by atoms with Crippen LogP contribution in [0, 0.1) is 5.92 Å². The minimum Gasteiger partial charge on any atom is -0.388 e. The molecule has 2 aliphatic rings. The van der Waals surface area contributed by atoms with Crippen LogP contribution < -0.4 is 0 Å². The Labute approximate surface area is 381 Å². The number of aromatic nitrogens is 4. The largest absolute Gasteiger partial charge is 0.388 e. The number of hydrogen-bond acceptors (Lipinski definition) is 1. The van der Waals surface area contributed by atoms with Gasteiger partial charge in [-0.1, -0.05) is 121 Å². The molecule has 0 bridgehead atoms. The second-order valence-corrected chi connectivity index (χ2v) is 18.1. The van der Waals surface area contributed by atoms with Crippen molar-refractivity contribution in [2.24, 2.45) is 5.92 Å². The van der Waals surface area contributed by atoms with Crippen molar-refractivity contribution in [3.8, 4) is 17.1 Å². The van der Waals surface area contributed by atoms with Gasteiger partial charge in [-0.2, -0.15) is 0 Å². The molecule has 0 saturated heterocycles. The highest BCUT2D eigenvalue weighted by Gasteiger charge is 2.24. The van der Waals surface area contributed by atoms with Crippen LogP contribution in [0.4, 0.5) is 0 Å². The number of hydrogen-bond donors (Lipinski definition) is 1. The Morgan fingerprint density at radius 1 is 0.424 bits per heavy atom. The average molecular weight is 849 g/mol. The Hall–Kier alpha value is -8.12. The third kappa shape index (κ3) is 5.44. The molecule has 4 heterocycles. The van der Waals surface area contributed by atoms with Gasteiger partial charge in [0.25, 0.3) is 0 Å². The van der Waals surface area contributed by atoms with E-state index in [9.17, 15) is 5.11 Å². The van der Waals surface area contributed by atoms with Gasteiger partial charge in [0.2, 0.25) is 0 Å². The third-order valence-corrected chi connectivity index (χ3v) is 14.5. The number of allylic oxidation sites excluding steroid dienone is 4. The van der Waals surface area contributed by atoms with E-state index < -0.39 is 6.10 Å². The molecule has 1 N–H and O–H groups in total. The van der Waals surface area contributed by atoms with Crippen LogP contribution in [0.2, 0.25) is 0 Å². The van der Waals surface area contributed by atoms with Gasteiger partial charge in [-0.05, 0) is 121 Å². The monoisotopic (exact) mass is 848 g/mol. The predicted molar refractivity (Wildman–Crippen MR) is 275 cm³/mol. The van der Waals surface area contributed by atoms with Gasteiger partial charge in [0.15, 0.2) is 0 Å². The Kier molecular flexibility index (Phi) is 8.16. The van der Waals surface area contributed by atoms with Crippen LogP contribution in [0.25, 0.3) is 105 Å². The zero-order valence-electron chi connectivity index (χ0n) is 36.2. The van der Waals surface area contributed by atoms with Gasteiger partial charge in [-0.15, -0.1) is 0 Å². The van der Waals surface area contributed by atoms with Gasteiger partial charge in [0, 0.05) is 72.1 Å². The van der Waals surface area contributed by atoms with Crippen molar-refractivity contribution >= 4 is 88.1 Å². The zero-order valence-corrected chi connectivity index (χ0v) is 36.2. The van der Waals surface area contributed by atoms with E-state index in [1.807, 2.05) is 0 Å². The first kappa shape index (κ1) is 37.3. The van der Waals surface area contributed by atoms with Crippen molar-refractivity contribution in [3.05, 3.63) is 223 Å².